The SMILES string of the molecule is Cc1cnc(C2(N)C=CC=C(N)N2)cn1. The van der Waals surface area contributed by atoms with E-state index < -0.39 is 5.66 Å². The molecule has 2 rings (SSSR count). The van der Waals surface area contributed by atoms with Gasteiger partial charge in [0, 0.05) is 6.20 Å². The van der Waals surface area contributed by atoms with Crippen LogP contribution in [0.4, 0.5) is 0 Å². The Kier molecular flexibility index (Phi) is 2.17. The van der Waals surface area contributed by atoms with Gasteiger partial charge in [0.25, 0.3) is 0 Å². The van der Waals surface area contributed by atoms with E-state index in [2.05, 4.69) is 15.3 Å². The zero-order valence-electron chi connectivity index (χ0n) is 8.44. The third-order valence-electron chi connectivity index (χ3n) is 2.19. The van der Waals surface area contributed by atoms with Crippen LogP contribution in [0.15, 0.2) is 36.4 Å². The van der Waals surface area contributed by atoms with E-state index >= 15 is 0 Å². The fraction of sp³-hybridized carbons (Fsp3) is 0.200. The molecule has 0 spiro atoms. The number of hydrogen-bond donors (Lipinski definition) is 3. The Morgan fingerprint density at radius 2 is 2.13 bits per heavy atom. The van der Waals surface area contributed by atoms with E-state index in [0.717, 1.165) is 5.69 Å². The van der Waals surface area contributed by atoms with Gasteiger partial charge in [0.05, 0.1) is 17.7 Å². The van der Waals surface area contributed by atoms with Crippen molar-refractivity contribution in [3.8, 4) is 0 Å². The monoisotopic (exact) mass is 203 g/mol. The van der Waals surface area contributed by atoms with Crippen LogP contribution in [0.25, 0.3) is 0 Å². The Hall–Kier alpha value is -1.88. The highest BCUT2D eigenvalue weighted by Gasteiger charge is 2.27. The van der Waals surface area contributed by atoms with Crippen molar-refractivity contribution < 1.29 is 0 Å². The van der Waals surface area contributed by atoms with E-state index in [-0.39, 0.29) is 0 Å². The van der Waals surface area contributed by atoms with Crippen LogP contribution in [0.3, 0.4) is 0 Å². The molecule has 0 saturated heterocycles. The van der Waals surface area contributed by atoms with E-state index in [4.69, 9.17) is 11.5 Å². The van der Waals surface area contributed by atoms with Crippen LogP contribution >= 0.6 is 0 Å². The second-order valence-corrected chi connectivity index (χ2v) is 3.52. The molecule has 1 atom stereocenters. The quantitative estimate of drug-likeness (QED) is 0.591. The topological polar surface area (TPSA) is 89.8 Å². The molecular weight excluding hydrogens is 190 g/mol. The summed E-state index contributed by atoms with van der Waals surface area (Å²) < 4.78 is 0. The zero-order chi connectivity index (χ0) is 10.9. The van der Waals surface area contributed by atoms with E-state index in [1.54, 1.807) is 30.6 Å². The molecule has 5 nitrogen and oxygen atoms in total. The second kappa shape index (κ2) is 3.36. The zero-order valence-corrected chi connectivity index (χ0v) is 8.44. The molecule has 0 saturated carbocycles. The van der Waals surface area contributed by atoms with Crippen molar-refractivity contribution in [2.75, 3.05) is 0 Å². The Morgan fingerprint density at radius 3 is 2.73 bits per heavy atom. The first-order chi connectivity index (χ1) is 7.10. The first kappa shape index (κ1) is 9.67. The molecule has 1 aliphatic rings. The molecule has 15 heavy (non-hydrogen) atoms. The molecule has 5 N–H and O–H groups in total. The molecule has 0 aromatic carbocycles. The Labute approximate surface area is 87.9 Å². The van der Waals surface area contributed by atoms with Gasteiger partial charge in [-0.05, 0) is 19.1 Å². The van der Waals surface area contributed by atoms with Gasteiger partial charge in [-0.3, -0.25) is 9.97 Å². The average molecular weight is 203 g/mol. The standard InChI is InChI=1S/C10H13N5/c1-7-5-14-8(6-13-7)10(12)4-2-3-9(11)15-10/h2-6,15H,11-12H2,1H3. The normalized spacial score (nSPS) is 24.5. The molecule has 1 aromatic rings. The third-order valence-corrected chi connectivity index (χ3v) is 2.19. The summed E-state index contributed by atoms with van der Waals surface area (Å²) in [5, 5.41) is 2.96. The number of hydrogen-bond acceptors (Lipinski definition) is 5. The van der Waals surface area contributed by atoms with Crippen LogP contribution in [0.5, 0.6) is 0 Å². The number of nitrogens with one attached hydrogen (secondary N) is 1. The number of dihydropyridines is 1. The molecule has 2 heterocycles. The fourth-order valence-corrected chi connectivity index (χ4v) is 1.38. The van der Waals surface area contributed by atoms with Crippen molar-refractivity contribution in [3.05, 3.63) is 47.8 Å². The summed E-state index contributed by atoms with van der Waals surface area (Å²) in [5.74, 6) is 0.516. The Morgan fingerprint density at radius 1 is 1.33 bits per heavy atom. The molecule has 0 radical (unpaired) electrons. The molecule has 78 valence electrons. The highest BCUT2D eigenvalue weighted by atomic mass is 15.2. The molecule has 0 amide bonds. The molecular formula is C10H13N5. The van der Waals surface area contributed by atoms with Crippen LogP contribution in [-0.4, -0.2) is 9.97 Å². The smallest absolute Gasteiger partial charge is 0.152 e. The number of nitrogens with two attached hydrogens (primary N) is 2. The first-order valence-electron chi connectivity index (χ1n) is 4.61. The maximum absolute atomic E-state index is 6.10. The van der Waals surface area contributed by atoms with Crippen molar-refractivity contribution in [1.29, 1.82) is 0 Å². The summed E-state index contributed by atoms with van der Waals surface area (Å²) in [6, 6.07) is 0. The number of rotatable bonds is 1. The average Bonchev–Trinajstić information content (AvgIpc) is 2.18. The number of aryl methyl sites for hydroxylation is 1. The van der Waals surface area contributed by atoms with Gasteiger partial charge in [-0.25, -0.2) is 0 Å². The van der Waals surface area contributed by atoms with Crippen LogP contribution in [0.1, 0.15) is 11.4 Å². The number of aromatic nitrogens is 2. The summed E-state index contributed by atoms with van der Waals surface area (Å²) >= 11 is 0. The van der Waals surface area contributed by atoms with Crippen molar-refractivity contribution in [2.45, 2.75) is 12.6 Å². The lowest BCUT2D eigenvalue weighted by Gasteiger charge is -2.29. The Balaban J connectivity index is 2.35. The largest absolute Gasteiger partial charge is 0.385 e. The summed E-state index contributed by atoms with van der Waals surface area (Å²) in [7, 11) is 0. The molecule has 1 aromatic heterocycles. The van der Waals surface area contributed by atoms with E-state index in [0.29, 0.717) is 11.5 Å². The van der Waals surface area contributed by atoms with Crippen LogP contribution in [0, 0.1) is 6.92 Å². The van der Waals surface area contributed by atoms with Crippen molar-refractivity contribution in [2.24, 2.45) is 11.5 Å². The lowest BCUT2D eigenvalue weighted by atomic mass is 10.0. The number of allylic oxidation sites excluding steroid dienone is 2. The van der Waals surface area contributed by atoms with Gasteiger partial charge in [0.15, 0.2) is 5.66 Å². The van der Waals surface area contributed by atoms with Crippen LogP contribution < -0.4 is 16.8 Å². The summed E-state index contributed by atoms with van der Waals surface area (Å²) in [6.45, 7) is 1.87. The Bertz CT molecular complexity index is 420. The number of nitrogens with zero attached hydrogens (tertiary/aromatic N) is 2. The maximum atomic E-state index is 6.10. The van der Waals surface area contributed by atoms with Crippen molar-refractivity contribution in [3.63, 3.8) is 0 Å². The lowest BCUT2D eigenvalue weighted by Crippen LogP contribution is -2.51. The predicted molar refractivity (Wildman–Crippen MR) is 57.2 cm³/mol. The minimum Gasteiger partial charge on any atom is -0.385 e. The van der Waals surface area contributed by atoms with Gasteiger partial charge in [-0.15, -0.1) is 0 Å². The minimum atomic E-state index is -0.862. The van der Waals surface area contributed by atoms with Crippen molar-refractivity contribution in [1.82, 2.24) is 15.3 Å². The first-order valence-corrected chi connectivity index (χ1v) is 4.61. The molecule has 1 unspecified atom stereocenters. The molecule has 0 bridgehead atoms. The van der Waals surface area contributed by atoms with Gasteiger partial charge in [0.1, 0.15) is 5.69 Å². The predicted octanol–water partition coefficient (Wildman–Crippen LogP) is -0.144. The van der Waals surface area contributed by atoms with Gasteiger partial charge >= 0.3 is 0 Å². The van der Waals surface area contributed by atoms with Gasteiger partial charge in [0.2, 0.25) is 0 Å². The third kappa shape index (κ3) is 1.82. The molecule has 5 heteroatoms. The maximum Gasteiger partial charge on any atom is 0.152 e. The molecule has 0 aliphatic carbocycles. The van der Waals surface area contributed by atoms with Crippen molar-refractivity contribution >= 4 is 0 Å². The highest BCUT2D eigenvalue weighted by molar-refractivity contribution is 5.29. The molecule has 1 aliphatic heterocycles. The van der Waals surface area contributed by atoms with Crippen LogP contribution in [0.2, 0.25) is 0 Å². The van der Waals surface area contributed by atoms with E-state index in [1.165, 1.54) is 0 Å². The van der Waals surface area contributed by atoms with Gasteiger partial charge in [-0.2, -0.15) is 0 Å². The van der Waals surface area contributed by atoms with E-state index in [1.807, 2.05) is 6.92 Å². The minimum absolute atomic E-state index is 0.516. The fourth-order valence-electron chi connectivity index (χ4n) is 1.38. The summed E-state index contributed by atoms with van der Waals surface area (Å²) in [5.41, 5.74) is 12.4. The second-order valence-electron chi connectivity index (χ2n) is 3.52. The van der Waals surface area contributed by atoms with E-state index in [9.17, 15) is 0 Å². The summed E-state index contributed by atoms with van der Waals surface area (Å²) in [4.78, 5) is 8.37. The van der Waals surface area contributed by atoms with Gasteiger partial charge < -0.3 is 16.8 Å². The summed E-state index contributed by atoms with van der Waals surface area (Å²) in [6.07, 6.45) is 8.65. The lowest BCUT2D eigenvalue weighted by molar-refractivity contribution is 0.455. The van der Waals surface area contributed by atoms with Gasteiger partial charge in [-0.1, -0.05) is 6.08 Å². The highest BCUT2D eigenvalue weighted by Crippen LogP contribution is 2.17. The van der Waals surface area contributed by atoms with Crippen LogP contribution in [-0.2, 0) is 5.66 Å². The molecule has 0 fully saturated rings.